The average molecular weight is 413 g/mol. The third kappa shape index (κ3) is 4.86. The molecule has 0 aliphatic heterocycles. The Morgan fingerprint density at radius 2 is 1.81 bits per heavy atom. The summed E-state index contributed by atoms with van der Waals surface area (Å²) in [6.07, 6.45) is 2.87. The molecule has 0 heterocycles. The Balaban J connectivity index is 2.21. The van der Waals surface area contributed by atoms with Crippen molar-refractivity contribution in [3.05, 3.63) is 63.6 Å². The first-order valence-electron chi connectivity index (χ1n) is 7.58. The first kappa shape index (κ1) is 20.5. The number of carbonyl (C=O) groups excluding carboxylic acids is 1. The maximum Gasteiger partial charge on any atom is 0.248 e. The zero-order chi connectivity index (χ0) is 19.5. The molecule has 138 valence electrons. The molecule has 0 radical (unpaired) electrons. The summed E-state index contributed by atoms with van der Waals surface area (Å²) in [5.74, 6) is -0.409. The molecule has 0 spiro atoms. The van der Waals surface area contributed by atoms with Crippen molar-refractivity contribution in [2.24, 2.45) is 0 Å². The van der Waals surface area contributed by atoms with Gasteiger partial charge in [0.2, 0.25) is 15.9 Å². The number of nitrogens with zero attached hydrogens (tertiary/aromatic N) is 1. The lowest BCUT2D eigenvalue weighted by atomic mass is 10.2. The minimum atomic E-state index is -3.60. The van der Waals surface area contributed by atoms with E-state index in [1.807, 2.05) is 0 Å². The highest BCUT2D eigenvalue weighted by Crippen LogP contribution is 2.23. The van der Waals surface area contributed by atoms with E-state index in [0.717, 1.165) is 4.31 Å². The van der Waals surface area contributed by atoms with Crippen molar-refractivity contribution in [3.63, 3.8) is 0 Å². The van der Waals surface area contributed by atoms with Crippen LogP contribution in [0.4, 0.5) is 5.69 Å². The highest BCUT2D eigenvalue weighted by molar-refractivity contribution is 7.89. The lowest BCUT2D eigenvalue weighted by Gasteiger charge is -2.14. The third-order valence-electron chi connectivity index (χ3n) is 3.59. The van der Waals surface area contributed by atoms with E-state index in [0.29, 0.717) is 26.9 Å². The van der Waals surface area contributed by atoms with Gasteiger partial charge in [-0.25, -0.2) is 12.7 Å². The minimum absolute atomic E-state index is 0.144. The molecule has 26 heavy (non-hydrogen) atoms. The molecule has 0 aliphatic carbocycles. The molecule has 5 nitrogen and oxygen atoms in total. The zero-order valence-electron chi connectivity index (χ0n) is 14.5. The Morgan fingerprint density at radius 1 is 1.12 bits per heavy atom. The first-order chi connectivity index (χ1) is 12.1. The number of aryl methyl sites for hydroxylation is 1. The van der Waals surface area contributed by atoms with Crippen LogP contribution < -0.4 is 5.32 Å². The number of carbonyl (C=O) groups is 1. The van der Waals surface area contributed by atoms with Crippen molar-refractivity contribution in [2.45, 2.75) is 11.8 Å². The summed E-state index contributed by atoms with van der Waals surface area (Å²) in [5, 5.41) is 3.58. The van der Waals surface area contributed by atoms with Crippen LogP contribution >= 0.6 is 23.2 Å². The van der Waals surface area contributed by atoms with Gasteiger partial charge in [0.25, 0.3) is 0 Å². The molecule has 2 aromatic rings. The average Bonchev–Trinajstić information content (AvgIpc) is 2.55. The molecule has 1 N–H and O–H groups in total. The second-order valence-electron chi connectivity index (χ2n) is 5.76. The van der Waals surface area contributed by atoms with E-state index in [-0.39, 0.29) is 4.90 Å². The third-order valence-corrected chi connectivity index (χ3v) is 6.11. The molecule has 0 saturated heterocycles. The van der Waals surface area contributed by atoms with Crippen molar-refractivity contribution in [1.29, 1.82) is 0 Å². The molecule has 1 amide bonds. The second kappa shape index (κ2) is 8.22. The smallest absolute Gasteiger partial charge is 0.248 e. The van der Waals surface area contributed by atoms with Crippen molar-refractivity contribution in [2.75, 3.05) is 19.4 Å². The molecule has 0 saturated carbocycles. The Labute approximate surface area is 163 Å². The van der Waals surface area contributed by atoms with Crippen LogP contribution in [0.3, 0.4) is 0 Å². The lowest BCUT2D eigenvalue weighted by Crippen LogP contribution is -2.23. The van der Waals surface area contributed by atoms with Gasteiger partial charge in [0.05, 0.1) is 4.90 Å². The molecule has 0 unspecified atom stereocenters. The van der Waals surface area contributed by atoms with E-state index >= 15 is 0 Å². The molecular weight excluding hydrogens is 395 g/mol. The predicted molar refractivity (Wildman–Crippen MR) is 106 cm³/mol. The van der Waals surface area contributed by atoms with Gasteiger partial charge >= 0.3 is 0 Å². The summed E-state index contributed by atoms with van der Waals surface area (Å²) in [6, 6.07) is 9.67. The van der Waals surface area contributed by atoms with Gasteiger partial charge in [-0.15, -0.1) is 0 Å². The number of hydrogen-bond acceptors (Lipinski definition) is 3. The highest BCUT2D eigenvalue weighted by atomic mass is 35.5. The topological polar surface area (TPSA) is 66.5 Å². The molecule has 2 rings (SSSR count). The number of amides is 1. The Bertz CT molecular complexity index is 970. The van der Waals surface area contributed by atoms with Crippen LogP contribution in [0.25, 0.3) is 6.08 Å². The van der Waals surface area contributed by atoms with Crippen molar-refractivity contribution in [1.82, 2.24) is 4.31 Å². The number of nitrogens with one attached hydrogen (secondary N) is 1. The molecule has 0 fully saturated rings. The minimum Gasteiger partial charge on any atom is -0.322 e. The highest BCUT2D eigenvalue weighted by Gasteiger charge is 2.20. The zero-order valence-corrected chi connectivity index (χ0v) is 16.8. The van der Waals surface area contributed by atoms with Crippen LogP contribution in [0.1, 0.15) is 11.1 Å². The Hall–Kier alpha value is -1.86. The molecule has 2 aromatic carbocycles. The normalized spacial score (nSPS) is 11.9. The monoisotopic (exact) mass is 412 g/mol. The van der Waals surface area contributed by atoms with E-state index in [4.69, 9.17) is 23.2 Å². The van der Waals surface area contributed by atoms with Gasteiger partial charge in [0, 0.05) is 35.9 Å². The van der Waals surface area contributed by atoms with E-state index in [9.17, 15) is 13.2 Å². The summed E-state index contributed by atoms with van der Waals surface area (Å²) in [6.45, 7) is 1.70. The van der Waals surface area contributed by atoms with Gasteiger partial charge in [0.1, 0.15) is 0 Å². The van der Waals surface area contributed by atoms with Gasteiger partial charge in [-0.05, 0) is 48.4 Å². The van der Waals surface area contributed by atoms with Crippen molar-refractivity contribution < 1.29 is 13.2 Å². The molecule has 0 atom stereocenters. The van der Waals surface area contributed by atoms with Crippen LogP contribution in [-0.4, -0.2) is 32.7 Å². The van der Waals surface area contributed by atoms with Crippen molar-refractivity contribution in [3.8, 4) is 0 Å². The second-order valence-corrected chi connectivity index (χ2v) is 8.72. The number of benzene rings is 2. The maximum absolute atomic E-state index is 12.3. The Morgan fingerprint density at radius 3 is 2.42 bits per heavy atom. The summed E-state index contributed by atoms with van der Waals surface area (Å²) < 4.78 is 25.8. The van der Waals surface area contributed by atoms with Gasteiger partial charge in [-0.1, -0.05) is 35.3 Å². The number of sulfonamides is 1. The standard InChI is InChI=1S/C18H18Cl2N2O3S/c1-12-4-8-15(11-17(12)26(24,25)22(2)3)21-18(23)9-6-13-5-7-14(19)10-16(13)20/h4-11H,1-3H3,(H,21,23)/b9-6+. The van der Waals surface area contributed by atoms with E-state index in [1.165, 1.54) is 26.2 Å². The predicted octanol–water partition coefficient (Wildman–Crippen LogP) is 4.20. The maximum atomic E-state index is 12.3. The summed E-state index contributed by atoms with van der Waals surface area (Å²) in [7, 11) is -0.683. The molecular formula is C18H18Cl2N2O3S. The first-order valence-corrected chi connectivity index (χ1v) is 9.78. The van der Waals surface area contributed by atoms with Crippen LogP contribution in [0, 0.1) is 6.92 Å². The van der Waals surface area contributed by atoms with E-state index < -0.39 is 15.9 Å². The molecule has 0 bridgehead atoms. The van der Waals surface area contributed by atoms with Crippen LogP contribution in [0.2, 0.25) is 10.0 Å². The van der Waals surface area contributed by atoms with Gasteiger partial charge in [-0.3, -0.25) is 4.79 Å². The molecule has 0 aliphatic rings. The number of halogens is 2. The van der Waals surface area contributed by atoms with Crippen LogP contribution in [-0.2, 0) is 14.8 Å². The summed E-state index contributed by atoms with van der Waals surface area (Å²) >= 11 is 11.9. The SMILES string of the molecule is Cc1ccc(NC(=O)/C=C/c2ccc(Cl)cc2Cl)cc1S(=O)(=O)N(C)C. The van der Waals surface area contributed by atoms with E-state index in [2.05, 4.69) is 5.32 Å². The fourth-order valence-electron chi connectivity index (χ4n) is 2.14. The fraction of sp³-hybridized carbons (Fsp3) is 0.167. The van der Waals surface area contributed by atoms with Crippen LogP contribution in [0.15, 0.2) is 47.4 Å². The molecule has 8 heteroatoms. The summed E-state index contributed by atoms with van der Waals surface area (Å²) in [4.78, 5) is 12.3. The fourth-order valence-corrected chi connectivity index (χ4v) is 3.75. The van der Waals surface area contributed by atoms with Crippen LogP contribution in [0.5, 0.6) is 0 Å². The molecule has 0 aromatic heterocycles. The Kier molecular flexibility index (Phi) is 6.47. The lowest BCUT2D eigenvalue weighted by molar-refractivity contribution is -0.111. The number of hydrogen-bond donors (Lipinski definition) is 1. The van der Waals surface area contributed by atoms with E-state index in [1.54, 1.807) is 43.3 Å². The van der Waals surface area contributed by atoms with Crippen molar-refractivity contribution >= 4 is 50.9 Å². The largest absolute Gasteiger partial charge is 0.322 e. The number of rotatable bonds is 5. The van der Waals surface area contributed by atoms with Gasteiger partial charge in [0.15, 0.2) is 0 Å². The summed E-state index contributed by atoms with van der Waals surface area (Å²) in [5.41, 5.74) is 1.62. The van der Waals surface area contributed by atoms with Gasteiger partial charge < -0.3 is 5.32 Å². The quantitative estimate of drug-likeness (QED) is 0.747. The van der Waals surface area contributed by atoms with Gasteiger partial charge in [-0.2, -0.15) is 0 Å². The number of anilines is 1.